The van der Waals surface area contributed by atoms with E-state index < -0.39 is 0 Å². The number of hydrogen-bond acceptors (Lipinski definition) is 2. The minimum atomic E-state index is 0.000928. The van der Waals surface area contributed by atoms with Crippen molar-refractivity contribution in [1.82, 2.24) is 0 Å². The van der Waals surface area contributed by atoms with Gasteiger partial charge >= 0.3 is 0 Å². The Morgan fingerprint density at radius 2 is 1.31 bits per heavy atom. The molecule has 0 nitrogen and oxygen atoms in total. The van der Waals surface area contributed by atoms with E-state index in [9.17, 15) is 0 Å². The summed E-state index contributed by atoms with van der Waals surface area (Å²) in [5.41, 5.74) is 6.46. The number of allylic oxidation sites excluding steroid dienone is 2. The summed E-state index contributed by atoms with van der Waals surface area (Å²) in [6.07, 6.45) is 8.22. The highest BCUT2D eigenvalue weighted by Crippen LogP contribution is 2.51. The molecule has 0 unspecified atom stereocenters. The lowest BCUT2D eigenvalue weighted by molar-refractivity contribution is 1.03. The Morgan fingerprint density at radius 1 is 0.759 bits per heavy atom. The van der Waals surface area contributed by atoms with Gasteiger partial charge in [0.2, 0.25) is 0 Å². The van der Waals surface area contributed by atoms with Crippen LogP contribution in [0, 0.1) is 6.92 Å². The summed E-state index contributed by atoms with van der Waals surface area (Å²) < 4.78 is 0.000928. The van der Waals surface area contributed by atoms with Gasteiger partial charge in [-0.15, -0.1) is 23.5 Å². The maximum absolute atomic E-state index is 2.40. The summed E-state index contributed by atoms with van der Waals surface area (Å²) in [4.78, 5) is 0. The standard InChI is InChI=1S/C27H26S2/c1-22-15-17-25(18-16-22)27(28-20-9-21-29-27)19-8-14-26(23-10-4-2-5-11-23)24-12-6-3-7-13-24/h2-8,10-19H,9,20-21H2,1H3/b19-8+. The maximum atomic E-state index is 2.40. The van der Waals surface area contributed by atoms with Crippen LogP contribution in [0.4, 0.5) is 0 Å². The molecule has 0 atom stereocenters. The largest absolute Gasteiger partial charge is 0.135 e. The fourth-order valence-corrected chi connectivity index (χ4v) is 6.71. The van der Waals surface area contributed by atoms with Crippen molar-refractivity contribution in [3.05, 3.63) is 125 Å². The highest BCUT2D eigenvalue weighted by molar-refractivity contribution is 8.18. The summed E-state index contributed by atoms with van der Waals surface area (Å²) in [6, 6.07) is 30.4. The van der Waals surface area contributed by atoms with Crippen LogP contribution in [0.3, 0.4) is 0 Å². The second kappa shape index (κ2) is 9.56. The van der Waals surface area contributed by atoms with E-state index >= 15 is 0 Å². The molecule has 0 aromatic heterocycles. The fraction of sp³-hybridized carbons (Fsp3) is 0.185. The van der Waals surface area contributed by atoms with Gasteiger partial charge in [0.25, 0.3) is 0 Å². The van der Waals surface area contributed by atoms with Crippen LogP contribution in [0.5, 0.6) is 0 Å². The van der Waals surface area contributed by atoms with Crippen molar-refractivity contribution in [2.24, 2.45) is 0 Å². The number of benzene rings is 3. The molecule has 0 N–H and O–H groups in total. The second-order valence-corrected chi connectivity index (χ2v) is 10.2. The highest BCUT2D eigenvalue weighted by atomic mass is 32.2. The summed E-state index contributed by atoms with van der Waals surface area (Å²) in [7, 11) is 0. The predicted octanol–water partition coefficient (Wildman–Crippen LogP) is 7.71. The zero-order valence-corrected chi connectivity index (χ0v) is 18.4. The third kappa shape index (κ3) is 4.88. The molecule has 2 heteroatoms. The molecule has 4 rings (SSSR count). The molecule has 0 amide bonds. The highest BCUT2D eigenvalue weighted by Gasteiger charge is 2.32. The molecular weight excluding hydrogens is 388 g/mol. The molecule has 0 radical (unpaired) electrons. The van der Waals surface area contributed by atoms with Gasteiger partial charge in [-0.2, -0.15) is 0 Å². The van der Waals surface area contributed by atoms with Crippen molar-refractivity contribution in [1.29, 1.82) is 0 Å². The molecule has 1 aliphatic rings. The zero-order valence-electron chi connectivity index (χ0n) is 16.8. The SMILES string of the molecule is Cc1ccc(C2(/C=C/C=C(c3ccccc3)c3ccccc3)SCCCS2)cc1. The van der Waals surface area contributed by atoms with Gasteiger partial charge in [-0.25, -0.2) is 0 Å². The van der Waals surface area contributed by atoms with E-state index in [-0.39, 0.29) is 4.08 Å². The lowest BCUT2D eigenvalue weighted by Crippen LogP contribution is -2.20. The maximum Gasteiger partial charge on any atom is 0.105 e. The first-order valence-corrected chi connectivity index (χ1v) is 12.1. The first-order valence-electron chi connectivity index (χ1n) is 10.1. The van der Waals surface area contributed by atoms with Crippen LogP contribution in [-0.2, 0) is 4.08 Å². The van der Waals surface area contributed by atoms with Gasteiger partial charge in [0, 0.05) is 0 Å². The average Bonchev–Trinajstić information content (AvgIpc) is 2.79. The van der Waals surface area contributed by atoms with Crippen molar-refractivity contribution in [2.45, 2.75) is 17.4 Å². The Bertz CT molecular complexity index is 923. The molecule has 0 saturated carbocycles. The van der Waals surface area contributed by atoms with Crippen molar-refractivity contribution in [3.63, 3.8) is 0 Å². The van der Waals surface area contributed by atoms with Crippen LogP contribution < -0.4 is 0 Å². The Hall–Kier alpha value is -2.16. The quantitative estimate of drug-likeness (QED) is 0.392. The van der Waals surface area contributed by atoms with Crippen LogP contribution >= 0.6 is 23.5 Å². The summed E-state index contributed by atoms with van der Waals surface area (Å²) in [5.74, 6) is 2.41. The van der Waals surface area contributed by atoms with Crippen LogP contribution in [-0.4, -0.2) is 11.5 Å². The van der Waals surface area contributed by atoms with Gasteiger partial charge in [-0.1, -0.05) is 109 Å². The molecule has 0 spiro atoms. The normalized spacial score (nSPS) is 15.9. The molecule has 1 aliphatic heterocycles. The molecule has 3 aromatic carbocycles. The molecule has 0 aliphatic carbocycles. The molecule has 3 aromatic rings. The Balaban J connectivity index is 1.71. The van der Waals surface area contributed by atoms with Gasteiger partial charge in [0.05, 0.1) is 0 Å². The van der Waals surface area contributed by atoms with Gasteiger partial charge < -0.3 is 0 Å². The fourth-order valence-electron chi connectivity index (χ4n) is 3.56. The molecule has 29 heavy (non-hydrogen) atoms. The summed E-state index contributed by atoms with van der Waals surface area (Å²) in [6.45, 7) is 2.15. The van der Waals surface area contributed by atoms with Crippen LogP contribution in [0.25, 0.3) is 5.57 Å². The molecule has 1 heterocycles. The lowest BCUT2D eigenvalue weighted by Gasteiger charge is -2.34. The number of aryl methyl sites for hydroxylation is 1. The van der Waals surface area contributed by atoms with Crippen LogP contribution in [0.2, 0.25) is 0 Å². The van der Waals surface area contributed by atoms with E-state index in [0.717, 1.165) is 0 Å². The predicted molar refractivity (Wildman–Crippen MR) is 131 cm³/mol. The second-order valence-electron chi connectivity index (χ2n) is 7.26. The topological polar surface area (TPSA) is 0 Å². The first kappa shape index (κ1) is 20.1. The molecule has 1 fully saturated rings. The van der Waals surface area contributed by atoms with E-state index in [0.29, 0.717) is 0 Å². The van der Waals surface area contributed by atoms with Gasteiger partial charge in [-0.3, -0.25) is 0 Å². The summed E-state index contributed by atoms with van der Waals surface area (Å²) in [5, 5.41) is 0. The molecule has 146 valence electrons. The van der Waals surface area contributed by atoms with Crippen molar-refractivity contribution >= 4 is 29.1 Å². The first-order chi connectivity index (χ1) is 14.3. The third-order valence-corrected chi connectivity index (χ3v) is 8.42. The Kier molecular flexibility index (Phi) is 6.63. The minimum Gasteiger partial charge on any atom is -0.135 e. The average molecular weight is 415 g/mol. The van der Waals surface area contributed by atoms with Crippen LogP contribution in [0.1, 0.15) is 28.7 Å². The van der Waals surface area contributed by atoms with Crippen molar-refractivity contribution in [3.8, 4) is 0 Å². The number of hydrogen-bond donors (Lipinski definition) is 0. The van der Waals surface area contributed by atoms with Gasteiger partial charge in [0.1, 0.15) is 4.08 Å². The van der Waals surface area contributed by atoms with Gasteiger partial charge in [-0.05, 0) is 47.1 Å². The Labute approximate surface area is 183 Å². The molecule has 1 saturated heterocycles. The molecular formula is C27H26S2. The monoisotopic (exact) mass is 414 g/mol. The van der Waals surface area contributed by atoms with Crippen molar-refractivity contribution in [2.75, 3.05) is 11.5 Å². The number of thioether (sulfide) groups is 2. The van der Waals surface area contributed by atoms with E-state index in [1.54, 1.807) is 0 Å². The van der Waals surface area contributed by atoms with E-state index in [4.69, 9.17) is 0 Å². The minimum absolute atomic E-state index is 0.000928. The molecule has 0 bridgehead atoms. The van der Waals surface area contributed by atoms with E-state index in [1.807, 2.05) is 0 Å². The zero-order chi connectivity index (χ0) is 19.9. The Morgan fingerprint density at radius 3 is 1.86 bits per heavy atom. The van der Waals surface area contributed by atoms with E-state index in [1.165, 1.54) is 45.8 Å². The van der Waals surface area contributed by atoms with Gasteiger partial charge in [0.15, 0.2) is 0 Å². The van der Waals surface area contributed by atoms with E-state index in [2.05, 4.69) is 134 Å². The lowest BCUT2D eigenvalue weighted by atomic mass is 9.97. The number of rotatable bonds is 5. The third-order valence-electron chi connectivity index (χ3n) is 5.12. The van der Waals surface area contributed by atoms with Crippen molar-refractivity contribution < 1.29 is 0 Å². The summed E-state index contributed by atoms with van der Waals surface area (Å²) >= 11 is 4.12. The smallest absolute Gasteiger partial charge is 0.105 e. The van der Waals surface area contributed by atoms with Crippen LogP contribution in [0.15, 0.2) is 103 Å².